The van der Waals surface area contributed by atoms with Crippen LogP contribution in [0, 0.1) is 12.8 Å². The molecule has 3 aliphatic heterocycles. The van der Waals surface area contributed by atoms with Gasteiger partial charge in [0.1, 0.15) is 0 Å². The molecule has 0 atom stereocenters. The number of aromatic nitrogens is 2. The topological polar surface area (TPSA) is 92.1 Å². The van der Waals surface area contributed by atoms with Crippen LogP contribution in [0.15, 0.2) is 34.4 Å². The molecule has 160 valence electrons. The fourth-order valence-electron chi connectivity index (χ4n) is 4.32. The maximum absolute atomic E-state index is 12.7. The van der Waals surface area contributed by atoms with E-state index in [1.807, 2.05) is 25.3 Å². The Morgan fingerprint density at radius 3 is 2.90 bits per heavy atom. The first-order valence-electron chi connectivity index (χ1n) is 10.9. The number of aliphatic imine (C=N–C) groups is 2. The van der Waals surface area contributed by atoms with E-state index >= 15 is 0 Å². The summed E-state index contributed by atoms with van der Waals surface area (Å²) in [5.74, 6) is 2.68. The Balaban J connectivity index is 1.41. The second-order valence-electron chi connectivity index (χ2n) is 8.18. The number of carbonyl (C=O) groups is 1. The van der Waals surface area contributed by atoms with Gasteiger partial charge in [-0.25, -0.2) is 15.0 Å². The molecule has 1 fully saturated rings. The van der Waals surface area contributed by atoms with Gasteiger partial charge in [-0.05, 0) is 43.7 Å². The van der Waals surface area contributed by atoms with E-state index in [4.69, 9.17) is 9.72 Å². The summed E-state index contributed by atoms with van der Waals surface area (Å²) >= 11 is 0. The van der Waals surface area contributed by atoms with Gasteiger partial charge in [0, 0.05) is 37.1 Å². The highest BCUT2D eigenvalue weighted by Gasteiger charge is 2.28. The molecule has 4 heterocycles. The van der Waals surface area contributed by atoms with Crippen LogP contribution in [0.4, 0.5) is 11.6 Å². The minimum atomic E-state index is 0.0372. The third kappa shape index (κ3) is 4.07. The lowest BCUT2D eigenvalue weighted by Gasteiger charge is -2.30. The lowest BCUT2D eigenvalue weighted by atomic mass is 9.96. The summed E-state index contributed by atoms with van der Waals surface area (Å²) in [6.07, 6.45) is 6.65. The van der Waals surface area contributed by atoms with Gasteiger partial charge in [-0.15, -0.1) is 0 Å². The molecule has 1 saturated heterocycles. The molecule has 8 heteroatoms. The summed E-state index contributed by atoms with van der Waals surface area (Å²) in [6, 6.07) is 6.11. The van der Waals surface area contributed by atoms with Crippen LogP contribution in [-0.4, -0.2) is 60.8 Å². The summed E-state index contributed by atoms with van der Waals surface area (Å²) in [7, 11) is 0. The van der Waals surface area contributed by atoms with Crippen molar-refractivity contribution in [3.8, 4) is 11.3 Å². The fraction of sp³-hybridized carbons (Fsp3) is 0.435. The van der Waals surface area contributed by atoms with Crippen molar-refractivity contribution in [2.75, 3.05) is 43.1 Å². The minimum absolute atomic E-state index is 0.0372. The van der Waals surface area contributed by atoms with E-state index in [2.05, 4.69) is 26.4 Å². The van der Waals surface area contributed by atoms with Crippen LogP contribution in [0.3, 0.4) is 0 Å². The van der Waals surface area contributed by atoms with Crippen molar-refractivity contribution in [2.24, 2.45) is 15.9 Å². The normalized spacial score (nSPS) is 18.7. The van der Waals surface area contributed by atoms with Crippen LogP contribution >= 0.6 is 0 Å². The second kappa shape index (κ2) is 8.55. The van der Waals surface area contributed by atoms with Crippen molar-refractivity contribution in [2.45, 2.75) is 26.2 Å². The largest absolute Gasteiger partial charge is 0.381 e. The molecule has 0 unspecified atom stereocenters. The number of benzene rings is 1. The number of hydrogen-bond donors (Lipinski definition) is 1. The van der Waals surface area contributed by atoms with E-state index in [1.54, 1.807) is 11.1 Å². The Morgan fingerprint density at radius 2 is 2.13 bits per heavy atom. The van der Waals surface area contributed by atoms with Gasteiger partial charge in [-0.1, -0.05) is 12.1 Å². The van der Waals surface area contributed by atoms with Crippen molar-refractivity contribution in [1.82, 2.24) is 9.97 Å². The predicted molar refractivity (Wildman–Crippen MR) is 121 cm³/mol. The van der Waals surface area contributed by atoms with Crippen LogP contribution in [0.1, 0.15) is 30.4 Å². The predicted octanol–water partition coefficient (Wildman–Crippen LogP) is 2.86. The van der Waals surface area contributed by atoms with Crippen molar-refractivity contribution in [3.63, 3.8) is 0 Å². The molecule has 0 radical (unpaired) electrons. The van der Waals surface area contributed by atoms with Gasteiger partial charge < -0.3 is 10.1 Å². The SMILES string of the molecule is Cc1cc(C2=NCC=N2)ccc1-c1cnc2c(n1)N(CCC1CCOCC1)C(=O)CN2. The average Bonchev–Trinajstić information content (AvgIpc) is 3.34. The highest BCUT2D eigenvalue weighted by molar-refractivity contribution is 6.06. The number of nitrogens with zero attached hydrogens (tertiary/aromatic N) is 5. The van der Waals surface area contributed by atoms with Gasteiger partial charge in [0.05, 0.1) is 25.0 Å². The number of hydrogen-bond acceptors (Lipinski definition) is 7. The lowest BCUT2D eigenvalue weighted by molar-refractivity contribution is -0.117. The molecule has 0 aliphatic carbocycles. The first-order valence-corrected chi connectivity index (χ1v) is 10.9. The first kappa shape index (κ1) is 19.8. The molecule has 3 aliphatic rings. The number of amidine groups is 1. The summed E-state index contributed by atoms with van der Waals surface area (Å²) in [5.41, 5.74) is 3.81. The third-order valence-electron chi connectivity index (χ3n) is 6.12. The fourth-order valence-corrected chi connectivity index (χ4v) is 4.32. The standard InChI is InChI=1S/C23H26N6O2/c1-15-12-17(21-24-7-8-25-21)2-3-18(15)19-13-26-22-23(28-19)29(20(30)14-27-22)9-4-16-5-10-31-11-6-16/h2-3,7,12-13,16H,4-6,8-11,14H2,1H3,(H,26,27). The Kier molecular flexibility index (Phi) is 5.46. The number of carbonyl (C=O) groups excluding carboxylic acids is 1. The number of aryl methyl sites for hydroxylation is 1. The van der Waals surface area contributed by atoms with Crippen molar-refractivity contribution in [1.29, 1.82) is 0 Å². The Labute approximate surface area is 181 Å². The van der Waals surface area contributed by atoms with Gasteiger partial charge in [0.25, 0.3) is 0 Å². The number of ether oxygens (including phenoxy) is 1. The molecule has 2 aromatic rings. The molecular weight excluding hydrogens is 392 g/mol. The van der Waals surface area contributed by atoms with Crippen molar-refractivity contribution in [3.05, 3.63) is 35.5 Å². The van der Waals surface area contributed by atoms with Gasteiger partial charge in [-0.2, -0.15) is 0 Å². The minimum Gasteiger partial charge on any atom is -0.381 e. The molecule has 0 bridgehead atoms. The Bertz CT molecular complexity index is 1060. The first-order chi connectivity index (χ1) is 15.2. The van der Waals surface area contributed by atoms with Crippen LogP contribution < -0.4 is 10.2 Å². The van der Waals surface area contributed by atoms with E-state index in [9.17, 15) is 4.79 Å². The molecule has 5 rings (SSSR count). The van der Waals surface area contributed by atoms with E-state index in [0.29, 0.717) is 30.6 Å². The van der Waals surface area contributed by atoms with E-state index in [0.717, 1.165) is 60.7 Å². The van der Waals surface area contributed by atoms with Crippen LogP contribution in [0.25, 0.3) is 11.3 Å². The summed E-state index contributed by atoms with van der Waals surface area (Å²) in [5, 5.41) is 3.10. The quantitative estimate of drug-likeness (QED) is 0.806. The molecule has 1 aromatic heterocycles. The van der Waals surface area contributed by atoms with Crippen LogP contribution in [0.5, 0.6) is 0 Å². The number of anilines is 2. The maximum Gasteiger partial charge on any atom is 0.247 e. The zero-order valence-corrected chi connectivity index (χ0v) is 17.7. The zero-order valence-electron chi connectivity index (χ0n) is 17.7. The molecule has 31 heavy (non-hydrogen) atoms. The smallest absolute Gasteiger partial charge is 0.247 e. The zero-order chi connectivity index (χ0) is 21.2. The van der Waals surface area contributed by atoms with Gasteiger partial charge in [0.15, 0.2) is 17.5 Å². The van der Waals surface area contributed by atoms with Gasteiger partial charge in [0.2, 0.25) is 5.91 Å². The lowest BCUT2D eigenvalue weighted by Crippen LogP contribution is -2.42. The number of nitrogens with one attached hydrogen (secondary N) is 1. The molecule has 8 nitrogen and oxygen atoms in total. The Hall–Kier alpha value is -3.13. The maximum atomic E-state index is 12.7. The van der Waals surface area contributed by atoms with E-state index in [-0.39, 0.29) is 12.5 Å². The van der Waals surface area contributed by atoms with E-state index < -0.39 is 0 Å². The summed E-state index contributed by atoms with van der Waals surface area (Å²) in [4.78, 5) is 32.6. The monoisotopic (exact) mass is 418 g/mol. The molecule has 0 spiro atoms. The highest BCUT2D eigenvalue weighted by atomic mass is 16.5. The molecule has 1 N–H and O–H groups in total. The third-order valence-corrected chi connectivity index (χ3v) is 6.12. The molecule has 0 saturated carbocycles. The Morgan fingerprint density at radius 1 is 1.26 bits per heavy atom. The molecular formula is C23H26N6O2. The number of rotatable bonds is 5. The molecule has 1 aromatic carbocycles. The van der Waals surface area contributed by atoms with Gasteiger partial charge >= 0.3 is 0 Å². The summed E-state index contributed by atoms with van der Waals surface area (Å²) < 4.78 is 5.46. The highest BCUT2D eigenvalue weighted by Crippen LogP contribution is 2.31. The molecule has 1 amide bonds. The van der Waals surface area contributed by atoms with Crippen molar-refractivity contribution >= 4 is 29.6 Å². The van der Waals surface area contributed by atoms with E-state index in [1.165, 1.54) is 0 Å². The van der Waals surface area contributed by atoms with Crippen molar-refractivity contribution < 1.29 is 9.53 Å². The number of amides is 1. The average molecular weight is 419 g/mol. The van der Waals surface area contributed by atoms with Crippen LogP contribution in [0.2, 0.25) is 0 Å². The van der Waals surface area contributed by atoms with Gasteiger partial charge in [-0.3, -0.25) is 14.7 Å². The van der Waals surface area contributed by atoms with Crippen LogP contribution in [-0.2, 0) is 9.53 Å². The summed E-state index contributed by atoms with van der Waals surface area (Å²) in [6.45, 7) is 5.22. The second-order valence-corrected chi connectivity index (χ2v) is 8.18. The number of fused-ring (bicyclic) bond motifs is 1.